The van der Waals surface area contributed by atoms with Gasteiger partial charge in [0.05, 0.1) is 0 Å². The minimum absolute atomic E-state index is 0.142. The van der Waals surface area contributed by atoms with Crippen LogP contribution in [0, 0.1) is 11.8 Å². The van der Waals surface area contributed by atoms with Crippen molar-refractivity contribution in [3.8, 4) is 11.8 Å². The molecule has 0 N–H and O–H groups in total. The highest BCUT2D eigenvalue weighted by atomic mass is 35.5. The van der Waals surface area contributed by atoms with Crippen LogP contribution in [0.5, 0.6) is 0 Å². The largest absolute Gasteiger partial charge is 0.288 e. The van der Waals surface area contributed by atoms with E-state index < -0.39 is 0 Å². The van der Waals surface area contributed by atoms with Gasteiger partial charge in [-0.3, -0.25) is 4.79 Å². The Labute approximate surface area is 99.2 Å². The van der Waals surface area contributed by atoms with Crippen molar-refractivity contribution in [2.75, 3.05) is 5.75 Å². The highest BCUT2D eigenvalue weighted by Gasteiger charge is 1.91. The number of thioether (sulfide) groups is 1. The molecule has 0 aliphatic rings. The molecule has 0 fully saturated rings. The summed E-state index contributed by atoms with van der Waals surface area (Å²) in [5, 5.41) is 0.857. The van der Waals surface area contributed by atoms with E-state index in [1.165, 1.54) is 11.8 Å². The maximum absolute atomic E-state index is 10.6. The van der Waals surface area contributed by atoms with Gasteiger partial charge < -0.3 is 0 Å². The van der Waals surface area contributed by atoms with Crippen molar-refractivity contribution >= 4 is 28.5 Å². The van der Waals surface area contributed by atoms with Crippen LogP contribution in [0.25, 0.3) is 0 Å². The molecule has 0 aliphatic carbocycles. The minimum Gasteiger partial charge on any atom is -0.288 e. The van der Waals surface area contributed by atoms with E-state index in [0.29, 0.717) is 5.02 Å². The van der Waals surface area contributed by atoms with Gasteiger partial charge in [0.15, 0.2) is 5.12 Å². The van der Waals surface area contributed by atoms with Gasteiger partial charge in [0.25, 0.3) is 0 Å². The summed E-state index contributed by atoms with van der Waals surface area (Å²) in [4.78, 5) is 10.6. The molecular formula is C12H11ClOS. The van der Waals surface area contributed by atoms with Gasteiger partial charge in [-0.2, -0.15) is 0 Å². The van der Waals surface area contributed by atoms with Crippen LogP contribution in [-0.2, 0) is 4.79 Å². The van der Waals surface area contributed by atoms with Crippen LogP contribution in [0.2, 0.25) is 5.02 Å². The molecule has 15 heavy (non-hydrogen) atoms. The van der Waals surface area contributed by atoms with E-state index in [-0.39, 0.29) is 5.12 Å². The summed E-state index contributed by atoms with van der Waals surface area (Å²) >= 11 is 7.05. The molecule has 0 radical (unpaired) electrons. The van der Waals surface area contributed by atoms with Gasteiger partial charge in [-0.05, 0) is 24.3 Å². The molecule has 0 unspecified atom stereocenters. The quantitative estimate of drug-likeness (QED) is 0.581. The number of rotatable bonds is 2. The molecule has 0 bridgehead atoms. The van der Waals surface area contributed by atoms with Gasteiger partial charge in [-0.25, -0.2) is 0 Å². The molecule has 1 nitrogen and oxygen atoms in total. The summed E-state index contributed by atoms with van der Waals surface area (Å²) < 4.78 is 0. The van der Waals surface area contributed by atoms with Crippen LogP contribution in [0.4, 0.5) is 0 Å². The van der Waals surface area contributed by atoms with Crippen molar-refractivity contribution in [2.24, 2.45) is 0 Å². The molecule has 1 rings (SSSR count). The van der Waals surface area contributed by atoms with Crippen molar-refractivity contribution in [3.63, 3.8) is 0 Å². The standard InChI is InChI=1S/C12H11ClOS/c1-10(14)15-9-3-2-4-11-5-7-12(13)8-6-11/h5-8H,3,9H2,1H3. The zero-order valence-corrected chi connectivity index (χ0v) is 9.99. The highest BCUT2D eigenvalue weighted by Crippen LogP contribution is 2.08. The second-order valence-electron chi connectivity index (χ2n) is 2.90. The van der Waals surface area contributed by atoms with E-state index in [1.54, 1.807) is 6.92 Å². The van der Waals surface area contributed by atoms with E-state index in [0.717, 1.165) is 17.7 Å². The minimum atomic E-state index is 0.142. The van der Waals surface area contributed by atoms with Crippen LogP contribution in [-0.4, -0.2) is 10.9 Å². The Hall–Kier alpha value is -0.910. The van der Waals surface area contributed by atoms with Crippen LogP contribution >= 0.6 is 23.4 Å². The van der Waals surface area contributed by atoms with Gasteiger partial charge in [0.2, 0.25) is 0 Å². The summed E-state index contributed by atoms with van der Waals surface area (Å²) in [7, 11) is 0. The van der Waals surface area contributed by atoms with Gasteiger partial charge in [-0.1, -0.05) is 35.2 Å². The van der Waals surface area contributed by atoms with Crippen molar-refractivity contribution in [1.82, 2.24) is 0 Å². The second kappa shape index (κ2) is 6.55. The van der Waals surface area contributed by atoms with Crippen molar-refractivity contribution in [2.45, 2.75) is 13.3 Å². The van der Waals surface area contributed by atoms with Gasteiger partial charge >= 0.3 is 0 Å². The molecule has 0 amide bonds. The molecule has 1 aromatic rings. The maximum atomic E-state index is 10.6. The first-order valence-corrected chi connectivity index (χ1v) is 5.92. The van der Waals surface area contributed by atoms with E-state index in [2.05, 4.69) is 11.8 Å². The SMILES string of the molecule is CC(=O)SCCC#Cc1ccc(Cl)cc1. The molecule has 78 valence electrons. The number of halogens is 1. The molecular weight excluding hydrogens is 228 g/mol. The molecule has 0 aromatic heterocycles. The first kappa shape index (κ1) is 12.2. The number of benzene rings is 1. The summed E-state index contributed by atoms with van der Waals surface area (Å²) in [5.74, 6) is 6.78. The van der Waals surface area contributed by atoms with Gasteiger partial charge in [0, 0.05) is 29.7 Å². The van der Waals surface area contributed by atoms with E-state index in [4.69, 9.17) is 11.6 Å². The van der Waals surface area contributed by atoms with E-state index >= 15 is 0 Å². The average Bonchev–Trinajstić information content (AvgIpc) is 2.20. The lowest BCUT2D eigenvalue weighted by molar-refractivity contribution is -0.109. The van der Waals surface area contributed by atoms with E-state index in [1.807, 2.05) is 24.3 Å². The Balaban J connectivity index is 2.38. The second-order valence-corrected chi connectivity index (χ2v) is 4.61. The van der Waals surface area contributed by atoms with Gasteiger partial charge in [0.1, 0.15) is 0 Å². The third kappa shape index (κ3) is 5.51. The van der Waals surface area contributed by atoms with Crippen LogP contribution in [0.1, 0.15) is 18.9 Å². The van der Waals surface area contributed by atoms with Crippen molar-refractivity contribution in [3.05, 3.63) is 34.9 Å². The summed E-state index contributed by atoms with van der Waals surface area (Å²) in [6.45, 7) is 1.57. The Morgan fingerprint density at radius 3 is 2.67 bits per heavy atom. The third-order valence-electron chi connectivity index (χ3n) is 1.61. The third-order valence-corrected chi connectivity index (χ3v) is 2.68. The molecule has 0 saturated carbocycles. The summed E-state index contributed by atoms with van der Waals surface area (Å²) in [6, 6.07) is 7.40. The normalized spacial score (nSPS) is 9.20. The molecule has 0 heterocycles. The molecule has 0 atom stereocenters. The molecule has 0 aliphatic heterocycles. The maximum Gasteiger partial charge on any atom is 0.185 e. The predicted octanol–water partition coefficient (Wildman–Crippen LogP) is 3.36. The number of carbonyl (C=O) groups is 1. The fraction of sp³-hybridized carbons (Fsp3) is 0.250. The topological polar surface area (TPSA) is 17.1 Å². The van der Waals surface area contributed by atoms with Crippen LogP contribution in [0.3, 0.4) is 0 Å². The Kier molecular flexibility index (Phi) is 5.31. The first-order valence-electron chi connectivity index (χ1n) is 4.56. The lowest BCUT2D eigenvalue weighted by Crippen LogP contribution is -1.84. The number of carbonyl (C=O) groups excluding carboxylic acids is 1. The smallest absolute Gasteiger partial charge is 0.185 e. The summed E-state index contributed by atoms with van der Waals surface area (Å²) in [6.07, 6.45) is 0.729. The van der Waals surface area contributed by atoms with Crippen molar-refractivity contribution < 1.29 is 4.79 Å². The molecule has 1 aromatic carbocycles. The average molecular weight is 239 g/mol. The zero-order chi connectivity index (χ0) is 11.1. The van der Waals surface area contributed by atoms with Gasteiger partial charge in [-0.15, -0.1) is 0 Å². The lowest BCUT2D eigenvalue weighted by Gasteiger charge is -1.91. The monoisotopic (exact) mass is 238 g/mol. The highest BCUT2D eigenvalue weighted by molar-refractivity contribution is 8.13. The number of hydrogen-bond acceptors (Lipinski definition) is 2. The zero-order valence-electron chi connectivity index (χ0n) is 8.42. The van der Waals surface area contributed by atoms with Crippen LogP contribution < -0.4 is 0 Å². The molecule has 3 heteroatoms. The Morgan fingerprint density at radius 1 is 1.40 bits per heavy atom. The lowest BCUT2D eigenvalue weighted by atomic mass is 10.2. The molecule has 0 spiro atoms. The fourth-order valence-electron chi connectivity index (χ4n) is 0.944. The van der Waals surface area contributed by atoms with Crippen LogP contribution in [0.15, 0.2) is 24.3 Å². The predicted molar refractivity (Wildman–Crippen MR) is 66.1 cm³/mol. The number of hydrogen-bond donors (Lipinski definition) is 0. The Morgan fingerprint density at radius 2 is 2.07 bits per heavy atom. The summed E-state index contributed by atoms with van der Waals surface area (Å²) in [5.41, 5.74) is 0.951. The Bertz CT molecular complexity index is 386. The fourth-order valence-corrected chi connectivity index (χ4v) is 1.56. The van der Waals surface area contributed by atoms with E-state index in [9.17, 15) is 4.79 Å². The first-order chi connectivity index (χ1) is 7.18. The molecule has 0 saturated heterocycles. The van der Waals surface area contributed by atoms with Crippen molar-refractivity contribution in [1.29, 1.82) is 0 Å².